The number of aromatic nitrogens is 2. The van der Waals surface area contributed by atoms with Crippen molar-refractivity contribution in [1.82, 2.24) is 9.97 Å². The lowest BCUT2D eigenvalue weighted by molar-refractivity contribution is 0.602. The SMILES string of the molecule is c1ccc2sc(-c3ccc4ocnc4c3)nc2c1. The molecule has 0 unspecified atom stereocenters. The summed E-state index contributed by atoms with van der Waals surface area (Å²) in [5, 5.41) is 1.01. The summed E-state index contributed by atoms with van der Waals surface area (Å²) < 4.78 is 6.44. The Labute approximate surface area is 107 Å². The van der Waals surface area contributed by atoms with Gasteiger partial charge in [-0.15, -0.1) is 11.3 Å². The number of nitrogens with zero attached hydrogens (tertiary/aromatic N) is 2. The lowest BCUT2D eigenvalue weighted by Gasteiger charge is -1.94. The minimum atomic E-state index is 0.805. The lowest BCUT2D eigenvalue weighted by Crippen LogP contribution is -1.76. The quantitative estimate of drug-likeness (QED) is 0.512. The topological polar surface area (TPSA) is 38.9 Å². The van der Waals surface area contributed by atoms with Gasteiger partial charge in [0.25, 0.3) is 0 Å². The Balaban J connectivity index is 1.94. The van der Waals surface area contributed by atoms with Gasteiger partial charge in [-0.2, -0.15) is 0 Å². The van der Waals surface area contributed by atoms with Gasteiger partial charge in [-0.1, -0.05) is 12.1 Å². The first kappa shape index (κ1) is 9.79. The van der Waals surface area contributed by atoms with E-state index >= 15 is 0 Å². The molecule has 0 amide bonds. The molecular weight excluding hydrogens is 244 g/mol. The van der Waals surface area contributed by atoms with E-state index in [-0.39, 0.29) is 0 Å². The molecule has 2 heterocycles. The van der Waals surface area contributed by atoms with Gasteiger partial charge >= 0.3 is 0 Å². The highest BCUT2D eigenvalue weighted by Gasteiger charge is 2.07. The maximum absolute atomic E-state index is 5.24. The van der Waals surface area contributed by atoms with Crippen molar-refractivity contribution in [3.8, 4) is 10.6 Å². The number of thiazole rings is 1. The fourth-order valence-electron chi connectivity index (χ4n) is 1.99. The van der Waals surface area contributed by atoms with E-state index in [0.717, 1.165) is 27.2 Å². The second-order valence-corrected chi connectivity index (χ2v) is 5.05. The summed E-state index contributed by atoms with van der Waals surface area (Å²) in [5.41, 5.74) is 3.79. The number of fused-ring (bicyclic) bond motifs is 2. The van der Waals surface area contributed by atoms with E-state index in [1.165, 1.54) is 11.1 Å². The van der Waals surface area contributed by atoms with Crippen molar-refractivity contribution in [3.63, 3.8) is 0 Å². The average molecular weight is 252 g/mol. The van der Waals surface area contributed by atoms with Crippen LogP contribution in [0.25, 0.3) is 31.9 Å². The van der Waals surface area contributed by atoms with Crippen molar-refractivity contribution in [2.24, 2.45) is 0 Å². The molecule has 2 aromatic carbocycles. The van der Waals surface area contributed by atoms with E-state index in [0.29, 0.717) is 0 Å². The highest BCUT2D eigenvalue weighted by molar-refractivity contribution is 7.21. The van der Waals surface area contributed by atoms with Crippen LogP contribution in [0, 0.1) is 0 Å². The van der Waals surface area contributed by atoms with Crippen molar-refractivity contribution in [2.45, 2.75) is 0 Å². The lowest BCUT2D eigenvalue weighted by atomic mass is 10.2. The molecule has 86 valence electrons. The molecule has 0 spiro atoms. The summed E-state index contributed by atoms with van der Waals surface area (Å²) in [4.78, 5) is 8.80. The Hall–Kier alpha value is -2.20. The first-order chi connectivity index (χ1) is 8.90. The standard InChI is InChI=1S/C14H8N2OS/c1-2-4-13-10(3-1)16-14(18-13)9-5-6-12-11(7-9)15-8-17-12/h1-8H. The zero-order valence-electron chi connectivity index (χ0n) is 9.33. The van der Waals surface area contributed by atoms with Crippen LogP contribution in [0.15, 0.2) is 53.3 Å². The third-order valence-electron chi connectivity index (χ3n) is 2.87. The molecule has 2 aromatic heterocycles. The van der Waals surface area contributed by atoms with Gasteiger partial charge in [0.2, 0.25) is 0 Å². The molecule has 0 aliphatic rings. The number of rotatable bonds is 1. The van der Waals surface area contributed by atoms with Crippen LogP contribution in [0.5, 0.6) is 0 Å². The molecule has 0 N–H and O–H groups in total. The summed E-state index contributed by atoms with van der Waals surface area (Å²) in [6.45, 7) is 0. The predicted molar refractivity (Wildman–Crippen MR) is 72.6 cm³/mol. The highest BCUT2D eigenvalue weighted by Crippen LogP contribution is 2.31. The van der Waals surface area contributed by atoms with E-state index in [1.807, 2.05) is 36.4 Å². The zero-order valence-corrected chi connectivity index (χ0v) is 10.1. The first-order valence-corrected chi connectivity index (χ1v) is 6.41. The molecule has 0 saturated heterocycles. The molecule has 18 heavy (non-hydrogen) atoms. The van der Waals surface area contributed by atoms with Gasteiger partial charge < -0.3 is 4.42 Å². The minimum Gasteiger partial charge on any atom is -0.443 e. The second kappa shape index (κ2) is 3.65. The molecule has 0 aliphatic heterocycles. The van der Waals surface area contributed by atoms with E-state index < -0.39 is 0 Å². The monoisotopic (exact) mass is 252 g/mol. The number of oxazole rings is 1. The number of hydrogen-bond acceptors (Lipinski definition) is 4. The summed E-state index contributed by atoms with van der Waals surface area (Å²) in [7, 11) is 0. The summed E-state index contributed by atoms with van der Waals surface area (Å²) >= 11 is 1.69. The van der Waals surface area contributed by atoms with Crippen molar-refractivity contribution >= 4 is 32.7 Å². The Bertz CT molecular complexity index is 814. The Morgan fingerprint density at radius 1 is 1.00 bits per heavy atom. The van der Waals surface area contributed by atoms with Crippen molar-refractivity contribution in [2.75, 3.05) is 0 Å². The maximum Gasteiger partial charge on any atom is 0.181 e. The molecule has 0 bridgehead atoms. The van der Waals surface area contributed by atoms with Crippen LogP contribution in [0.3, 0.4) is 0 Å². The van der Waals surface area contributed by atoms with Crippen LogP contribution >= 0.6 is 11.3 Å². The Morgan fingerprint density at radius 3 is 2.89 bits per heavy atom. The number of para-hydroxylation sites is 1. The fraction of sp³-hybridized carbons (Fsp3) is 0. The zero-order chi connectivity index (χ0) is 11.9. The minimum absolute atomic E-state index is 0.805. The van der Waals surface area contributed by atoms with E-state index in [9.17, 15) is 0 Å². The predicted octanol–water partition coefficient (Wildman–Crippen LogP) is 4.10. The van der Waals surface area contributed by atoms with Gasteiger partial charge in [-0.3, -0.25) is 0 Å². The summed E-state index contributed by atoms with van der Waals surface area (Å²) in [6.07, 6.45) is 1.47. The third kappa shape index (κ3) is 1.43. The van der Waals surface area contributed by atoms with Crippen LogP contribution in [0.2, 0.25) is 0 Å². The normalized spacial score (nSPS) is 11.3. The molecule has 4 aromatic rings. The van der Waals surface area contributed by atoms with Gasteiger partial charge in [0.1, 0.15) is 10.5 Å². The highest BCUT2D eigenvalue weighted by atomic mass is 32.1. The van der Waals surface area contributed by atoms with Crippen molar-refractivity contribution in [3.05, 3.63) is 48.9 Å². The van der Waals surface area contributed by atoms with Gasteiger partial charge in [-0.05, 0) is 30.3 Å². The van der Waals surface area contributed by atoms with Crippen LogP contribution in [-0.2, 0) is 0 Å². The Kier molecular flexibility index (Phi) is 1.98. The third-order valence-corrected chi connectivity index (χ3v) is 3.96. The van der Waals surface area contributed by atoms with Gasteiger partial charge in [0.05, 0.1) is 10.2 Å². The van der Waals surface area contributed by atoms with Crippen LogP contribution in [-0.4, -0.2) is 9.97 Å². The fourth-order valence-corrected chi connectivity index (χ4v) is 2.95. The van der Waals surface area contributed by atoms with Gasteiger partial charge in [0.15, 0.2) is 12.0 Å². The Morgan fingerprint density at radius 2 is 1.94 bits per heavy atom. The largest absolute Gasteiger partial charge is 0.443 e. The first-order valence-electron chi connectivity index (χ1n) is 5.59. The van der Waals surface area contributed by atoms with Gasteiger partial charge in [0, 0.05) is 5.56 Å². The molecule has 0 radical (unpaired) electrons. The average Bonchev–Trinajstić information content (AvgIpc) is 3.04. The van der Waals surface area contributed by atoms with E-state index in [2.05, 4.69) is 16.0 Å². The van der Waals surface area contributed by atoms with E-state index in [1.54, 1.807) is 11.3 Å². The smallest absolute Gasteiger partial charge is 0.181 e. The maximum atomic E-state index is 5.24. The summed E-state index contributed by atoms with van der Waals surface area (Å²) in [5.74, 6) is 0. The number of benzene rings is 2. The molecule has 0 saturated carbocycles. The van der Waals surface area contributed by atoms with E-state index in [4.69, 9.17) is 4.42 Å². The van der Waals surface area contributed by atoms with Crippen molar-refractivity contribution < 1.29 is 4.42 Å². The molecule has 4 heteroatoms. The second-order valence-electron chi connectivity index (χ2n) is 4.02. The van der Waals surface area contributed by atoms with Crippen LogP contribution in [0.4, 0.5) is 0 Å². The molecule has 0 atom stereocenters. The molecule has 0 fully saturated rings. The molecular formula is C14H8N2OS. The van der Waals surface area contributed by atoms with Crippen LogP contribution < -0.4 is 0 Å². The van der Waals surface area contributed by atoms with Crippen molar-refractivity contribution in [1.29, 1.82) is 0 Å². The summed E-state index contributed by atoms with van der Waals surface area (Å²) in [6, 6.07) is 14.1. The molecule has 3 nitrogen and oxygen atoms in total. The molecule has 0 aliphatic carbocycles. The van der Waals surface area contributed by atoms with Crippen LogP contribution in [0.1, 0.15) is 0 Å². The molecule has 4 rings (SSSR count). The number of hydrogen-bond donors (Lipinski definition) is 0. The van der Waals surface area contributed by atoms with Gasteiger partial charge in [-0.25, -0.2) is 9.97 Å².